The van der Waals surface area contributed by atoms with Crippen LogP contribution in [0.15, 0.2) is 60.8 Å². The summed E-state index contributed by atoms with van der Waals surface area (Å²) in [6, 6.07) is 17.5. The van der Waals surface area contributed by atoms with E-state index < -0.39 is 0 Å². The second kappa shape index (κ2) is 6.43. The van der Waals surface area contributed by atoms with Crippen molar-refractivity contribution in [2.75, 3.05) is 20.2 Å². The second-order valence-corrected chi connectivity index (χ2v) is 6.05. The third kappa shape index (κ3) is 2.89. The zero-order chi connectivity index (χ0) is 17.2. The van der Waals surface area contributed by atoms with Gasteiger partial charge in [-0.1, -0.05) is 18.2 Å². The molecule has 5 heteroatoms. The fourth-order valence-corrected chi connectivity index (χ4v) is 2.90. The Morgan fingerprint density at radius 2 is 1.76 bits per heavy atom. The average Bonchev–Trinajstić information content (AvgIpc) is 3.06. The minimum absolute atomic E-state index is 0.0410. The highest BCUT2D eigenvalue weighted by Crippen LogP contribution is 2.27. The minimum atomic E-state index is 0.0410. The number of hydrogen-bond acceptors (Lipinski definition) is 3. The van der Waals surface area contributed by atoms with Crippen molar-refractivity contribution in [1.29, 1.82) is 0 Å². The number of carbonyl (C=O) groups is 1. The first-order chi connectivity index (χ1) is 12.3. The lowest BCUT2D eigenvalue weighted by Gasteiger charge is -2.30. The van der Waals surface area contributed by atoms with E-state index in [2.05, 4.69) is 0 Å². The zero-order valence-electron chi connectivity index (χ0n) is 14.1. The molecule has 1 saturated heterocycles. The molecule has 5 nitrogen and oxygen atoms in total. The van der Waals surface area contributed by atoms with Gasteiger partial charge < -0.3 is 9.64 Å². The Morgan fingerprint density at radius 3 is 2.36 bits per heavy atom. The van der Waals surface area contributed by atoms with Crippen molar-refractivity contribution in [2.45, 2.75) is 6.42 Å². The molecule has 1 aliphatic heterocycles. The molecule has 4 rings (SSSR count). The maximum Gasteiger partial charge on any atom is 0.257 e. The van der Waals surface area contributed by atoms with Gasteiger partial charge in [-0.05, 0) is 42.8 Å². The van der Waals surface area contributed by atoms with E-state index in [-0.39, 0.29) is 5.91 Å². The fourth-order valence-electron chi connectivity index (χ4n) is 2.90. The van der Waals surface area contributed by atoms with E-state index in [4.69, 9.17) is 9.84 Å². The standard InChI is InChI=1S/C20H19N3O2/c1-25-17-10-8-15(9-11-17)19-18(20(24)22-12-5-13-22)14-23(21-19)16-6-3-2-4-7-16/h2-4,6-11,14H,5,12-13H2,1H3. The number of ether oxygens (including phenoxy) is 1. The smallest absolute Gasteiger partial charge is 0.257 e. The van der Waals surface area contributed by atoms with E-state index in [1.807, 2.05) is 65.7 Å². The molecule has 0 spiro atoms. The molecule has 126 valence electrons. The second-order valence-electron chi connectivity index (χ2n) is 6.05. The van der Waals surface area contributed by atoms with Gasteiger partial charge in [-0.25, -0.2) is 4.68 Å². The van der Waals surface area contributed by atoms with E-state index in [0.29, 0.717) is 11.3 Å². The summed E-state index contributed by atoms with van der Waals surface area (Å²) in [5, 5.41) is 4.70. The van der Waals surface area contributed by atoms with Gasteiger partial charge in [0.05, 0.1) is 18.4 Å². The summed E-state index contributed by atoms with van der Waals surface area (Å²) < 4.78 is 6.99. The van der Waals surface area contributed by atoms with Gasteiger partial charge in [-0.15, -0.1) is 0 Å². The van der Waals surface area contributed by atoms with Gasteiger partial charge in [0.15, 0.2) is 0 Å². The summed E-state index contributed by atoms with van der Waals surface area (Å²) in [5.41, 5.74) is 3.16. The molecular formula is C20H19N3O2. The molecule has 2 heterocycles. The highest BCUT2D eigenvalue weighted by atomic mass is 16.5. The molecule has 25 heavy (non-hydrogen) atoms. The predicted molar refractivity (Wildman–Crippen MR) is 96.1 cm³/mol. The first kappa shape index (κ1) is 15.4. The number of carbonyl (C=O) groups excluding carboxylic acids is 1. The van der Waals surface area contributed by atoms with Crippen LogP contribution in [0.3, 0.4) is 0 Å². The molecule has 1 aliphatic rings. The third-order valence-electron chi connectivity index (χ3n) is 4.47. The molecular weight excluding hydrogens is 314 g/mol. The van der Waals surface area contributed by atoms with Crippen molar-refractivity contribution in [1.82, 2.24) is 14.7 Å². The number of likely N-dealkylation sites (tertiary alicyclic amines) is 1. The van der Waals surface area contributed by atoms with Crippen LogP contribution in [0.1, 0.15) is 16.8 Å². The summed E-state index contributed by atoms with van der Waals surface area (Å²) in [4.78, 5) is 14.7. The monoisotopic (exact) mass is 333 g/mol. The van der Waals surface area contributed by atoms with Crippen molar-refractivity contribution >= 4 is 5.91 Å². The van der Waals surface area contributed by atoms with Crippen LogP contribution in [-0.2, 0) is 0 Å². The zero-order valence-corrected chi connectivity index (χ0v) is 14.1. The molecule has 3 aromatic rings. The van der Waals surface area contributed by atoms with Crippen LogP contribution in [0.2, 0.25) is 0 Å². The molecule has 0 saturated carbocycles. The molecule has 0 atom stereocenters. The van der Waals surface area contributed by atoms with E-state index in [9.17, 15) is 4.79 Å². The van der Waals surface area contributed by atoms with Crippen molar-refractivity contribution in [3.05, 3.63) is 66.4 Å². The van der Waals surface area contributed by atoms with E-state index in [0.717, 1.165) is 36.5 Å². The molecule has 0 radical (unpaired) electrons. The highest BCUT2D eigenvalue weighted by molar-refractivity contribution is 6.00. The molecule has 0 unspecified atom stereocenters. The van der Waals surface area contributed by atoms with Gasteiger partial charge >= 0.3 is 0 Å². The Bertz CT molecular complexity index is 881. The van der Waals surface area contributed by atoms with Crippen LogP contribution in [0.4, 0.5) is 0 Å². The Morgan fingerprint density at radius 1 is 1.04 bits per heavy atom. The normalized spacial score (nSPS) is 13.4. The van der Waals surface area contributed by atoms with Gasteiger partial charge in [0.1, 0.15) is 11.4 Å². The summed E-state index contributed by atoms with van der Waals surface area (Å²) in [6.45, 7) is 1.63. The number of para-hydroxylation sites is 1. The van der Waals surface area contributed by atoms with Crippen molar-refractivity contribution in [3.63, 3.8) is 0 Å². The first-order valence-electron chi connectivity index (χ1n) is 8.35. The van der Waals surface area contributed by atoms with Crippen LogP contribution < -0.4 is 4.74 Å². The number of benzene rings is 2. The number of aromatic nitrogens is 2. The van der Waals surface area contributed by atoms with Crippen LogP contribution in [-0.4, -0.2) is 40.8 Å². The molecule has 1 amide bonds. The van der Waals surface area contributed by atoms with Crippen molar-refractivity contribution < 1.29 is 9.53 Å². The summed E-state index contributed by atoms with van der Waals surface area (Å²) in [6.07, 6.45) is 2.89. The molecule has 0 bridgehead atoms. The number of amides is 1. The summed E-state index contributed by atoms with van der Waals surface area (Å²) >= 11 is 0. The number of hydrogen-bond donors (Lipinski definition) is 0. The minimum Gasteiger partial charge on any atom is -0.497 e. The summed E-state index contributed by atoms with van der Waals surface area (Å²) in [7, 11) is 1.64. The molecule has 2 aromatic carbocycles. The van der Waals surface area contributed by atoms with Crippen LogP contribution in [0, 0.1) is 0 Å². The van der Waals surface area contributed by atoms with Gasteiger partial charge in [0, 0.05) is 24.8 Å². The van der Waals surface area contributed by atoms with Crippen LogP contribution in [0.25, 0.3) is 16.9 Å². The Hall–Kier alpha value is -3.08. The topological polar surface area (TPSA) is 47.4 Å². The van der Waals surface area contributed by atoms with E-state index >= 15 is 0 Å². The number of rotatable bonds is 4. The SMILES string of the molecule is COc1ccc(-c2nn(-c3ccccc3)cc2C(=O)N2CCC2)cc1. The van der Waals surface area contributed by atoms with Gasteiger partial charge in [-0.2, -0.15) is 5.10 Å². The first-order valence-corrected chi connectivity index (χ1v) is 8.35. The largest absolute Gasteiger partial charge is 0.497 e. The molecule has 1 aromatic heterocycles. The molecule has 1 fully saturated rings. The maximum atomic E-state index is 12.8. The number of nitrogens with zero attached hydrogens (tertiary/aromatic N) is 3. The van der Waals surface area contributed by atoms with Gasteiger partial charge in [0.25, 0.3) is 5.91 Å². The lowest BCUT2D eigenvalue weighted by Crippen LogP contribution is -2.42. The Kier molecular flexibility index (Phi) is 3.98. The lowest BCUT2D eigenvalue weighted by molar-refractivity contribution is 0.0652. The van der Waals surface area contributed by atoms with Crippen LogP contribution in [0.5, 0.6) is 5.75 Å². The fraction of sp³-hybridized carbons (Fsp3) is 0.200. The van der Waals surface area contributed by atoms with E-state index in [1.165, 1.54) is 0 Å². The average molecular weight is 333 g/mol. The quantitative estimate of drug-likeness (QED) is 0.735. The van der Waals surface area contributed by atoms with Gasteiger partial charge in [0.2, 0.25) is 0 Å². The van der Waals surface area contributed by atoms with Gasteiger partial charge in [-0.3, -0.25) is 4.79 Å². The third-order valence-corrected chi connectivity index (χ3v) is 4.47. The van der Waals surface area contributed by atoms with E-state index in [1.54, 1.807) is 11.8 Å². The Balaban J connectivity index is 1.79. The molecule has 0 aliphatic carbocycles. The Labute approximate surface area is 146 Å². The predicted octanol–water partition coefficient (Wildman–Crippen LogP) is 3.39. The van der Waals surface area contributed by atoms with Crippen LogP contribution >= 0.6 is 0 Å². The van der Waals surface area contributed by atoms with Crippen molar-refractivity contribution in [3.8, 4) is 22.7 Å². The van der Waals surface area contributed by atoms with Crippen molar-refractivity contribution in [2.24, 2.45) is 0 Å². The maximum absolute atomic E-state index is 12.8. The lowest BCUT2D eigenvalue weighted by atomic mass is 10.1. The number of methoxy groups -OCH3 is 1. The highest BCUT2D eigenvalue weighted by Gasteiger charge is 2.26. The molecule has 0 N–H and O–H groups in total. The summed E-state index contributed by atoms with van der Waals surface area (Å²) in [5.74, 6) is 0.820.